The van der Waals surface area contributed by atoms with E-state index >= 15 is 0 Å². The molecule has 48 heavy (non-hydrogen) atoms. The predicted octanol–water partition coefficient (Wildman–Crippen LogP) is 12.1. The maximum atomic E-state index is 4.70. The molecule has 0 amide bonds. The van der Waals surface area contributed by atoms with Gasteiger partial charge in [0.2, 0.25) is 0 Å². The van der Waals surface area contributed by atoms with Crippen LogP contribution in [0, 0.1) is 0 Å². The van der Waals surface area contributed by atoms with E-state index in [0.29, 0.717) is 0 Å². The maximum Gasteiger partial charge on any atom is 0.169 e. The molecule has 0 fully saturated rings. The molecule has 0 saturated heterocycles. The zero-order chi connectivity index (χ0) is 31.6. The molecule has 0 aliphatic carbocycles. The molecule has 0 saturated carbocycles. The van der Waals surface area contributed by atoms with Crippen molar-refractivity contribution in [1.29, 1.82) is 0 Å². The Morgan fingerprint density at radius 2 is 1.00 bits per heavy atom. The molecule has 0 spiro atoms. The van der Waals surface area contributed by atoms with Crippen LogP contribution in [0.2, 0.25) is 0 Å². The summed E-state index contributed by atoms with van der Waals surface area (Å²) in [6.07, 6.45) is 0. The van der Waals surface area contributed by atoms with Crippen molar-refractivity contribution in [3.8, 4) is 44.8 Å². The summed E-state index contributed by atoms with van der Waals surface area (Å²) in [5, 5.41) is 15.4. The quantitative estimate of drug-likeness (QED) is 0.181. The van der Waals surface area contributed by atoms with Crippen molar-refractivity contribution >= 4 is 58.8 Å². The summed E-state index contributed by atoms with van der Waals surface area (Å²) >= 11 is 1.88. The number of hydrogen-bond donors (Lipinski definition) is 0. The van der Waals surface area contributed by atoms with Gasteiger partial charge in [-0.25, -0.2) is 0 Å². The van der Waals surface area contributed by atoms with Crippen LogP contribution in [0.25, 0.3) is 92.3 Å². The normalized spacial score (nSPS) is 11.8. The number of rotatable bonds is 4. The fourth-order valence-corrected chi connectivity index (χ4v) is 8.60. The topological polar surface area (TPSA) is 30.2 Å². The van der Waals surface area contributed by atoms with Crippen molar-refractivity contribution in [2.24, 2.45) is 0 Å². The second kappa shape index (κ2) is 10.7. The van der Waals surface area contributed by atoms with Crippen LogP contribution >= 0.6 is 11.3 Å². The lowest BCUT2D eigenvalue weighted by atomic mass is 9.88. The van der Waals surface area contributed by atoms with Crippen LogP contribution < -0.4 is 0 Å². The highest BCUT2D eigenvalue weighted by Gasteiger charge is 2.19. The van der Waals surface area contributed by atoms with Gasteiger partial charge in [-0.05, 0) is 51.4 Å². The summed E-state index contributed by atoms with van der Waals surface area (Å²) in [7, 11) is 0. The first-order chi connectivity index (χ1) is 23.8. The Balaban J connectivity index is 1.20. The molecular weight excluding hydrogens is 603 g/mol. The maximum absolute atomic E-state index is 4.70. The minimum absolute atomic E-state index is 0.846. The summed E-state index contributed by atoms with van der Waals surface area (Å²) in [5.41, 5.74) is 10.3. The van der Waals surface area contributed by atoms with Crippen LogP contribution in [0.4, 0.5) is 0 Å². The van der Waals surface area contributed by atoms with Crippen LogP contribution in [0.5, 0.6) is 0 Å². The number of nitrogens with zero attached hydrogens (tertiary/aromatic N) is 3. The van der Waals surface area contributed by atoms with Crippen molar-refractivity contribution in [2.45, 2.75) is 0 Å². The van der Waals surface area contributed by atoms with Gasteiger partial charge in [-0.2, -0.15) is 0 Å². The summed E-state index contributed by atoms with van der Waals surface area (Å²) in [5.74, 6) is 0.846. The van der Waals surface area contributed by atoms with Gasteiger partial charge in [-0.1, -0.05) is 146 Å². The van der Waals surface area contributed by atoms with E-state index in [0.717, 1.165) is 27.9 Å². The number of benzene rings is 7. The molecule has 0 unspecified atom stereocenters. The van der Waals surface area contributed by atoms with Crippen molar-refractivity contribution < 1.29 is 0 Å². The fourth-order valence-electron chi connectivity index (χ4n) is 7.37. The molecule has 0 atom stereocenters. The smallest absolute Gasteiger partial charge is 0.169 e. The lowest BCUT2D eigenvalue weighted by molar-refractivity contribution is 1.12. The van der Waals surface area contributed by atoms with E-state index in [4.69, 9.17) is 5.10 Å². The monoisotopic (exact) mass is 629 g/mol. The minimum Gasteiger partial charge on any atom is -0.274 e. The molecular formula is C44H27N3S. The zero-order valence-corrected chi connectivity index (χ0v) is 26.7. The second-order valence-electron chi connectivity index (χ2n) is 12.2. The van der Waals surface area contributed by atoms with Gasteiger partial charge in [0.1, 0.15) is 0 Å². The predicted molar refractivity (Wildman–Crippen MR) is 203 cm³/mol. The highest BCUT2D eigenvalue weighted by Crippen LogP contribution is 2.45. The molecule has 0 radical (unpaired) electrons. The first kappa shape index (κ1) is 27.1. The minimum atomic E-state index is 0.846. The van der Waals surface area contributed by atoms with E-state index in [1.165, 1.54) is 64.3 Å². The molecule has 224 valence electrons. The zero-order valence-electron chi connectivity index (χ0n) is 25.8. The molecule has 4 heteroatoms. The van der Waals surface area contributed by atoms with Gasteiger partial charge in [0.25, 0.3) is 0 Å². The van der Waals surface area contributed by atoms with Crippen LogP contribution in [-0.2, 0) is 0 Å². The Labute approximate surface area is 281 Å². The van der Waals surface area contributed by atoms with Gasteiger partial charge >= 0.3 is 0 Å². The first-order valence-corrected chi connectivity index (χ1v) is 17.0. The van der Waals surface area contributed by atoms with Crippen LogP contribution in [0.3, 0.4) is 0 Å². The molecule has 0 aliphatic heterocycles. The molecule has 3 nitrogen and oxygen atoms in total. The Bertz CT molecular complexity index is 2840. The SMILES string of the molecule is c1ccc(-c2nnc3c4ccccc4c4cc(-c5ccccc5-c5ccccc5-c5cccc6c5sc5ccccc56)ccc4n23)cc1. The molecule has 0 bridgehead atoms. The van der Waals surface area contributed by atoms with Crippen molar-refractivity contribution in [3.05, 3.63) is 164 Å². The molecule has 0 N–H and O–H groups in total. The number of fused-ring (bicyclic) bond motifs is 9. The van der Waals surface area contributed by atoms with E-state index in [-0.39, 0.29) is 0 Å². The average Bonchev–Trinajstić information content (AvgIpc) is 3.78. The Kier molecular flexibility index (Phi) is 6.05. The molecule has 10 aromatic rings. The van der Waals surface area contributed by atoms with E-state index < -0.39 is 0 Å². The highest BCUT2D eigenvalue weighted by atomic mass is 32.1. The van der Waals surface area contributed by atoms with Gasteiger partial charge in [-0.15, -0.1) is 21.5 Å². The fraction of sp³-hybridized carbons (Fsp3) is 0. The third-order valence-corrected chi connectivity index (χ3v) is 10.8. The Morgan fingerprint density at radius 1 is 0.396 bits per heavy atom. The molecule has 0 aliphatic rings. The largest absolute Gasteiger partial charge is 0.274 e. The van der Waals surface area contributed by atoms with Crippen LogP contribution in [0.15, 0.2) is 164 Å². The summed E-state index contributed by atoms with van der Waals surface area (Å²) in [6, 6.07) is 58.8. The molecule has 3 aromatic heterocycles. The lowest BCUT2D eigenvalue weighted by Crippen LogP contribution is -1.95. The van der Waals surface area contributed by atoms with Gasteiger partial charge in [0.15, 0.2) is 11.5 Å². The van der Waals surface area contributed by atoms with Gasteiger partial charge < -0.3 is 0 Å². The number of thiophene rings is 1. The Hall–Kier alpha value is -6.10. The summed E-state index contributed by atoms with van der Waals surface area (Å²) in [4.78, 5) is 0. The molecule has 7 aromatic carbocycles. The second-order valence-corrected chi connectivity index (χ2v) is 13.3. The van der Waals surface area contributed by atoms with E-state index in [1.54, 1.807) is 0 Å². The van der Waals surface area contributed by atoms with Crippen molar-refractivity contribution in [2.75, 3.05) is 0 Å². The molecule has 10 rings (SSSR count). The average molecular weight is 630 g/mol. The number of aromatic nitrogens is 3. The van der Waals surface area contributed by atoms with Crippen molar-refractivity contribution in [3.63, 3.8) is 0 Å². The van der Waals surface area contributed by atoms with Crippen LogP contribution in [0.1, 0.15) is 0 Å². The van der Waals surface area contributed by atoms with Crippen LogP contribution in [-0.4, -0.2) is 14.6 Å². The van der Waals surface area contributed by atoms with Gasteiger partial charge in [0.05, 0.1) is 5.52 Å². The summed E-state index contributed by atoms with van der Waals surface area (Å²) in [6.45, 7) is 0. The summed E-state index contributed by atoms with van der Waals surface area (Å²) < 4.78 is 4.86. The lowest BCUT2D eigenvalue weighted by Gasteiger charge is -2.16. The highest BCUT2D eigenvalue weighted by molar-refractivity contribution is 7.26. The Morgan fingerprint density at radius 3 is 1.81 bits per heavy atom. The van der Waals surface area contributed by atoms with E-state index in [1.807, 2.05) is 29.5 Å². The van der Waals surface area contributed by atoms with Crippen molar-refractivity contribution in [1.82, 2.24) is 14.6 Å². The van der Waals surface area contributed by atoms with E-state index in [2.05, 4.69) is 155 Å². The van der Waals surface area contributed by atoms with Gasteiger partial charge in [0, 0.05) is 42.1 Å². The third-order valence-electron chi connectivity index (χ3n) is 9.54. The standard InChI is InChI=1S/C44H27N3S/c1-2-13-28(14-3-1)43-45-46-44-38-21-9-8-19-34(38)39-27-29(25-26-40(39)47(43)44)30-15-4-5-16-31(30)32-17-6-7-18-33(32)36-22-12-23-37-35-20-10-11-24-41(35)48-42(36)37/h1-27H. The molecule has 3 heterocycles. The van der Waals surface area contributed by atoms with Gasteiger partial charge in [-0.3, -0.25) is 4.40 Å². The first-order valence-electron chi connectivity index (χ1n) is 16.2. The third kappa shape index (κ3) is 4.06. The number of hydrogen-bond acceptors (Lipinski definition) is 3. The number of pyridine rings is 1. The van der Waals surface area contributed by atoms with E-state index in [9.17, 15) is 0 Å².